The molecule has 0 aromatic heterocycles. The molecule has 1 aromatic rings. The lowest BCUT2D eigenvalue weighted by Gasteiger charge is -2.14. The number of urea groups is 1. The highest BCUT2D eigenvalue weighted by Crippen LogP contribution is 2.23. The second kappa shape index (κ2) is 7.10. The van der Waals surface area contributed by atoms with E-state index >= 15 is 0 Å². The van der Waals surface area contributed by atoms with Gasteiger partial charge in [0.05, 0.1) is 5.69 Å². The fourth-order valence-corrected chi connectivity index (χ4v) is 2.02. The van der Waals surface area contributed by atoms with E-state index in [1.54, 1.807) is 6.07 Å². The second-order valence-electron chi connectivity index (χ2n) is 3.98. The molecular formula is C12H15BrN2O4. The van der Waals surface area contributed by atoms with Gasteiger partial charge in [-0.2, -0.15) is 0 Å². The molecule has 0 spiro atoms. The van der Waals surface area contributed by atoms with Gasteiger partial charge in [-0.25, -0.2) is 9.59 Å². The van der Waals surface area contributed by atoms with Crippen molar-refractivity contribution in [2.24, 2.45) is 0 Å². The van der Waals surface area contributed by atoms with Crippen LogP contribution in [0.1, 0.15) is 12.0 Å². The number of aliphatic hydroxyl groups excluding tert-OH is 1. The third-order valence-corrected chi connectivity index (χ3v) is 3.05. The normalized spacial score (nSPS) is 11.7. The molecule has 19 heavy (non-hydrogen) atoms. The summed E-state index contributed by atoms with van der Waals surface area (Å²) in [5.41, 5.74) is 1.57. The van der Waals surface area contributed by atoms with Crippen LogP contribution in [0, 0.1) is 6.92 Å². The highest BCUT2D eigenvalue weighted by molar-refractivity contribution is 9.10. The van der Waals surface area contributed by atoms with Gasteiger partial charge in [-0.15, -0.1) is 0 Å². The van der Waals surface area contributed by atoms with E-state index in [0.29, 0.717) is 10.2 Å². The minimum atomic E-state index is -1.19. The van der Waals surface area contributed by atoms with Gasteiger partial charge in [0.25, 0.3) is 0 Å². The number of aliphatic carboxylic acids is 1. The molecule has 2 amide bonds. The van der Waals surface area contributed by atoms with E-state index in [9.17, 15) is 9.59 Å². The highest BCUT2D eigenvalue weighted by atomic mass is 79.9. The maximum absolute atomic E-state index is 11.7. The first kappa shape index (κ1) is 15.5. The van der Waals surface area contributed by atoms with Crippen LogP contribution in [0.25, 0.3) is 0 Å². The number of aryl methyl sites for hydroxylation is 1. The largest absolute Gasteiger partial charge is 0.480 e. The third kappa shape index (κ3) is 4.88. The Bertz CT molecular complexity index is 479. The molecule has 0 aliphatic carbocycles. The lowest BCUT2D eigenvalue weighted by atomic mass is 10.2. The number of halogens is 1. The molecule has 1 atom stereocenters. The molecule has 0 unspecified atom stereocenters. The first-order valence-corrected chi connectivity index (χ1v) is 6.40. The van der Waals surface area contributed by atoms with Crippen molar-refractivity contribution in [2.45, 2.75) is 19.4 Å². The number of hydrogen-bond acceptors (Lipinski definition) is 3. The van der Waals surface area contributed by atoms with Crippen LogP contribution in [-0.2, 0) is 4.79 Å². The topological polar surface area (TPSA) is 98.7 Å². The summed E-state index contributed by atoms with van der Waals surface area (Å²) in [7, 11) is 0. The van der Waals surface area contributed by atoms with Gasteiger partial charge >= 0.3 is 12.0 Å². The first-order chi connectivity index (χ1) is 8.93. The van der Waals surface area contributed by atoms with Gasteiger partial charge in [-0.05, 0) is 40.5 Å². The van der Waals surface area contributed by atoms with E-state index in [0.717, 1.165) is 5.56 Å². The van der Waals surface area contributed by atoms with Crippen molar-refractivity contribution < 1.29 is 19.8 Å². The standard InChI is InChI=1S/C12H15BrN2O4/c1-7-2-3-9(8(13)6-7)14-12(19)15-10(4-5-16)11(17)18/h2-3,6,10,16H,4-5H2,1H3,(H,17,18)(H2,14,15,19)/t10-/m1/s1. The summed E-state index contributed by atoms with van der Waals surface area (Å²) >= 11 is 3.30. The van der Waals surface area contributed by atoms with E-state index in [4.69, 9.17) is 10.2 Å². The summed E-state index contributed by atoms with van der Waals surface area (Å²) in [5.74, 6) is -1.19. The molecular weight excluding hydrogens is 316 g/mol. The average molecular weight is 331 g/mol. The number of anilines is 1. The SMILES string of the molecule is Cc1ccc(NC(=O)N[C@H](CCO)C(=O)O)c(Br)c1. The number of nitrogens with one attached hydrogen (secondary N) is 2. The number of benzene rings is 1. The van der Waals surface area contributed by atoms with Crippen LogP contribution in [0.3, 0.4) is 0 Å². The highest BCUT2D eigenvalue weighted by Gasteiger charge is 2.19. The van der Waals surface area contributed by atoms with E-state index in [-0.39, 0.29) is 13.0 Å². The fraction of sp³-hybridized carbons (Fsp3) is 0.333. The van der Waals surface area contributed by atoms with Gasteiger partial charge in [-0.1, -0.05) is 6.07 Å². The quantitative estimate of drug-likeness (QED) is 0.660. The van der Waals surface area contributed by atoms with Crippen LogP contribution < -0.4 is 10.6 Å². The molecule has 0 saturated heterocycles. The summed E-state index contributed by atoms with van der Waals surface area (Å²) in [6, 6.07) is 3.61. The zero-order valence-corrected chi connectivity index (χ0v) is 11.9. The van der Waals surface area contributed by atoms with Crippen molar-refractivity contribution in [3.8, 4) is 0 Å². The summed E-state index contributed by atoms with van der Waals surface area (Å²) in [4.78, 5) is 22.5. The third-order valence-electron chi connectivity index (χ3n) is 2.39. The molecule has 0 radical (unpaired) electrons. The summed E-state index contributed by atoms with van der Waals surface area (Å²) in [6.45, 7) is 1.60. The van der Waals surface area contributed by atoms with Crippen LogP contribution in [0.5, 0.6) is 0 Å². The van der Waals surface area contributed by atoms with Crippen molar-refractivity contribution in [1.82, 2.24) is 5.32 Å². The van der Waals surface area contributed by atoms with Crippen LogP contribution >= 0.6 is 15.9 Å². The molecule has 7 heteroatoms. The van der Waals surface area contributed by atoms with Gasteiger partial charge in [0.15, 0.2) is 0 Å². The van der Waals surface area contributed by atoms with E-state index in [1.165, 1.54) is 0 Å². The van der Waals surface area contributed by atoms with Gasteiger partial charge in [-0.3, -0.25) is 0 Å². The van der Waals surface area contributed by atoms with Crippen LogP contribution in [0.15, 0.2) is 22.7 Å². The molecule has 0 bridgehead atoms. The zero-order chi connectivity index (χ0) is 14.4. The Labute approximate surface area is 118 Å². The number of carbonyl (C=O) groups is 2. The zero-order valence-electron chi connectivity index (χ0n) is 10.3. The summed E-state index contributed by atoms with van der Waals surface area (Å²) in [6.07, 6.45) is -0.0438. The Balaban J connectivity index is 2.66. The van der Waals surface area contributed by atoms with Crippen molar-refractivity contribution in [3.63, 3.8) is 0 Å². The number of carbonyl (C=O) groups excluding carboxylic acids is 1. The van der Waals surface area contributed by atoms with Crippen molar-refractivity contribution in [3.05, 3.63) is 28.2 Å². The van der Waals surface area contributed by atoms with E-state index in [2.05, 4.69) is 26.6 Å². The van der Waals surface area contributed by atoms with Crippen molar-refractivity contribution >= 4 is 33.6 Å². The smallest absolute Gasteiger partial charge is 0.326 e. The van der Waals surface area contributed by atoms with E-state index in [1.807, 2.05) is 19.1 Å². The summed E-state index contributed by atoms with van der Waals surface area (Å²) in [5, 5.41) is 22.4. The number of carboxylic acids is 1. The van der Waals surface area contributed by atoms with E-state index < -0.39 is 18.0 Å². The number of hydrogen-bond donors (Lipinski definition) is 4. The van der Waals surface area contributed by atoms with Gasteiger partial charge in [0.2, 0.25) is 0 Å². The monoisotopic (exact) mass is 330 g/mol. The molecule has 4 N–H and O–H groups in total. The van der Waals surface area contributed by atoms with Crippen molar-refractivity contribution in [1.29, 1.82) is 0 Å². The van der Waals surface area contributed by atoms with Gasteiger partial charge in [0, 0.05) is 17.5 Å². The van der Waals surface area contributed by atoms with Crippen LogP contribution in [0.4, 0.5) is 10.5 Å². The molecule has 0 aliphatic rings. The lowest BCUT2D eigenvalue weighted by Crippen LogP contribution is -2.43. The number of aliphatic hydroxyl groups is 1. The molecule has 0 saturated carbocycles. The summed E-state index contributed by atoms with van der Waals surface area (Å²) < 4.78 is 0.705. The minimum absolute atomic E-state index is 0.0438. The molecule has 1 rings (SSSR count). The molecule has 104 valence electrons. The Hall–Kier alpha value is -1.60. The maximum Gasteiger partial charge on any atom is 0.326 e. The Morgan fingerprint density at radius 1 is 1.42 bits per heavy atom. The predicted molar refractivity (Wildman–Crippen MR) is 74.2 cm³/mol. The molecule has 0 fully saturated rings. The fourth-order valence-electron chi connectivity index (χ4n) is 1.42. The Morgan fingerprint density at radius 3 is 2.63 bits per heavy atom. The number of rotatable bonds is 5. The van der Waals surface area contributed by atoms with Crippen LogP contribution in [-0.4, -0.2) is 34.9 Å². The second-order valence-corrected chi connectivity index (χ2v) is 4.84. The molecule has 0 aliphatic heterocycles. The Morgan fingerprint density at radius 2 is 2.11 bits per heavy atom. The first-order valence-electron chi connectivity index (χ1n) is 5.61. The molecule has 1 aromatic carbocycles. The van der Waals surface area contributed by atoms with Crippen LogP contribution in [0.2, 0.25) is 0 Å². The molecule has 0 heterocycles. The maximum atomic E-state index is 11.7. The van der Waals surface area contributed by atoms with Gasteiger partial charge in [0.1, 0.15) is 6.04 Å². The Kier molecular flexibility index (Phi) is 5.78. The predicted octanol–water partition coefficient (Wildman–Crippen LogP) is 1.71. The molecule has 6 nitrogen and oxygen atoms in total. The van der Waals surface area contributed by atoms with Crippen molar-refractivity contribution in [2.75, 3.05) is 11.9 Å². The lowest BCUT2D eigenvalue weighted by molar-refractivity contribution is -0.139. The number of carboxylic acid groups (broad SMARTS) is 1. The average Bonchev–Trinajstić information content (AvgIpc) is 2.32. The van der Waals surface area contributed by atoms with Gasteiger partial charge < -0.3 is 20.8 Å². The number of amides is 2. The minimum Gasteiger partial charge on any atom is -0.480 e.